The molecule has 0 heterocycles. The Morgan fingerprint density at radius 3 is 2.43 bits per heavy atom. The predicted molar refractivity (Wildman–Crippen MR) is 121 cm³/mol. The number of carbonyl (C=O) groups is 1. The number of fused-ring (bicyclic) bond motifs is 1. The summed E-state index contributed by atoms with van der Waals surface area (Å²) < 4.78 is 31.0. The normalized spacial score (nSPS) is 12.4. The highest BCUT2D eigenvalue weighted by Gasteiger charge is 2.29. The van der Waals surface area contributed by atoms with Gasteiger partial charge >= 0.3 is 0 Å². The molecule has 3 aromatic carbocycles. The third-order valence-electron chi connectivity index (χ3n) is 4.76. The molecule has 0 spiro atoms. The molecule has 1 amide bonds. The van der Waals surface area contributed by atoms with Crippen LogP contribution in [-0.2, 0) is 21.4 Å². The number of methoxy groups -OCH3 is 1. The molecule has 6 nitrogen and oxygen atoms in total. The third kappa shape index (κ3) is 4.86. The first-order valence-electron chi connectivity index (χ1n) is 9.29. The van der Waals surface area contributed by atoms with E-state index in [2.05, 4.69) is 5.32 Å². The fourth-order valence-electron chi connectivity index (χ4n) is 3.29. The number of ether oxygens (including phenoxy) is 1. The lowest BCUT2D eigenvalue weighted by molar-refractivity contribution is -0.122. The van der Waals surface area contributed by atoms with Gasteiger partial charge in [-0.3, -0.25) is 9.10 Å². The number of rotatable bonds is 7. The molecule has 0 bridgehead atoms. The summed E-state index contributed by atoms with van der Waals surface area (Å²) in [5.74, 6) is 0.00259. The Morgan fingerprint density at radius 2 is 1.80 bits per heavy atom. The van der Waals surface area contributed by atoms with Crippen LogP contribution in [-0.4, -0.2) is 33.7 Å². The summed E-state index contributed by atoms with van der Waals surface area (Å²) in [5, 5.41) is 5.26. The SMILES string of the molecule is COc1ccc(N([C@@H](C)C(=O)NCc2ccc3ccccc3c2)S(C)(=O)=O)cc1Cl. The van der Waals surface area contributed by atoms with Crippen LogP contribution in [0.2, 0.25) is 5.02 Å². The van der Waals surface area contributed by atoms with Gasteiger partial charge in [-0.1, -0.05) is 48.0 Å². The highest BCUT2D eigenvalue weighted by atomic mass is 35.5. The van der Waals surface area contributed by atoms with Gasteiger partial charge in [-0.15, -0.1) is 0 Å². The van der Waals surface area contributed by atoms with E-state index in [1.807, 2.05) is 42.5 Å². The van der Waals surface area contributed by atoms with Gasteiger partial charge in [0.1, 0.15) is 11.8 Å². The number of amides is 1. The van der Waals surface area contributed by atoms with Gasteiger partial charge in [0.25, 0.3) is 0 Å². The monoisotopic (exact) mass is 446 g/mol. The van der Waals surface area contributed by atoms with E-state index in [-0.39, 0.29) is 17.3 Å². The van der Waals surface area contributed by atoms with E-state index in [9.17, 15) is 13.2 Å². The summed E-state index contributed by atoms with van der Waals surface area (Å²) in [6.45, 7) is 1.82. The second kappa shape index (κ2) is 8.93. The topological polar surface area (TPSA) is 75.7 Å². The largest absolute Gasteiger partial charge is 0.495 e. The summed E-state index contributed by atoms with van der Waals surface area (Å²) >= 11 is 6.15. The second-order valence-corrected chi connectivity index (χ2v) is 9.22. The predicted octanol–water partition coefficient (Wildman–Crippen LogP) is 3.97. The molecule has 158 valence electrons. The fraction of sp³-hybridized carbons (Fsp3) is 0.227. The van der Waals surface area contributed by atoms with Gasteiger partial charge < -0.3 is 10.1 Å². The van der Waals surface area contributed by atoms with Crippen molar-refractivity contribution in [3.8, 4) is 5.75 Å². The van der Waals surface area contributed by atoms with E-state index in [1.165, 1.54) is 20.1 Å². The van der Waals surface area contributed by atoms with Crippen molar-refractivity contribution in [2.24, 2.45) is 0 Å². The van der Waals surface area contributed by atoms with Crippen molar-refractivity contribution in [3.63, 3.8) is 0 Å². The lowest BCUT2D eigenvalue weighted by Gasteiger charge is -2.28. The Bertz CT molecular complexity index is 1180. The van der Waals surface area contributed by atoms with E-state index in [0.29, 0.717) is 5.75 Å². The molecule has 8 heteroatoms. The van der Waals surface area contributed by atoms with Crippen molar-refractivity contribution >= 4 is 44.0 Å². The zero-order chi connectivity index (χ0) is 21.9. The highest BCUT2D eigenvalue weighted by Crippen LogP contribution is 2.31. The number of benzene rings is 3. The van der Waals surface area contributed by atoms with Gasteiger partial charge in [0.05, 0.1) is 24.1 Å². The molecule has 0 fully saturated rings. The Kier molecular flexibility index (Phi) is 6.53. The van der Waals surface area contributed by atoms with Crippen molar-refractivity contribution in [1.82, 2.24) is 5.32 Å². The standard InChI is InChI=1S/C22H23ClN2O4S/c1-15(25(30(3,27)28)19-10-11-21(29-2)20(23)13-19)22(26)24-14-16-8-9-17-6-4-5-7-18(17)12-16/h4-13,15H,14H2,1-3H3,(H,24,26)/t15-/m0/s1. The molecule has 0 aliphatic carbocycles. The Balaban J connectivity index is 1.79. The van der Waals surface area contributed by atoms with E-state index in [1.54, 1.807) is 12.1 Å². The minimum atomic E-state index is -3.74. The summed E-state index contributed by atoms with van der Waals surface area (Å²) in [5.41, 5.74) is 1.21. The van der Waals surface area contributed by atoms with E-state index < -0.39 is 22.0 Å². The molecule has 0 aliphatic heterocycles. The Morgan fingerprint density at radius 1 is 1.10 bits per heavy atom. The summed E-state index contributed by atoms with van der Waals surface area (Å²) in [4.78, 5) is 12.8. The highest BCUT2D eigenvalue weighted by molar-refractivity contribution is 7.92. The van der Waals surface area contributed by atoms with E-state index >= 15 is 0 Å². The summed E-state index contributed by atoms with van der Waals surface area (Å²) in [6.07, 6.45) is 1.05. The second-order valence-electron chi connectivity index (χ2n) is 6.95. The molecule has 0 saturated heterocycles. The number of nitrogens with zero attached hydrogens (tertiary/aromatic N) is 1. The van der Waals surface area contributed by atoms with Crippen LogP contribution in [0, 0.1) is 0 Å². The minimum absolute atomic E-state index is 0.257. The van der Waals surface area contributed by atoms with Crippen molar-refractivity contribution in [1.29, 1.82) is 0 Å². The number of hydrogen-bond acceptors (Lipinski definition) is 4. The van der Waals surface area contributed by atoms with Crippen molar-refractivity contribution in [3.05, 3.63) is 71.2 Å². The molecular formula is C22H23ClN2O4S. The molecule has 0 unspecified atom stereocenters. The van der Waals surface area contributed by atoms with Crippen LogP contribution in [0.1, 0.15) is 12.5 Å². The fourth-order valence-corrected chi connectivity index (χ4v) is 4.71. The molecule has 0 aromatic heterocycles. The molecule has 0 saturated carbocycles. The van der Waals surface area contributed by atoms with Crippen LogP contribution in [0.15, 0.2) is 60.7 Å². The van der Waals surface area contributed by atoms with E-state index in [0.717, 1.165) is 26.9 Å². The number of anilines is 1. The summed E-state index contributed by atoms with van der Waals surface area (Å²) in [7, 11) is -2.27. The number of carbonyl (C=O) groups excluding carboxylic acids is 1. The van der Waals surface area contributed by atoms with Crippen LogP contribution in [0.5, 0.6) is 5.75 Å². The maximum atomic E-state index is 12.8. The zero-order valence-corrected chi connectivity index (χ0v) is 18.5. The number of nitrogens with one attached hydrogen (secondary N) is 1. The third-order valence-corrected chi connectivity index (χ3v) is 6.30. The van der Waals surface area contributed by atoms with Crippen molar-refractivity contribution < 1.29 is 17.9 Å². The molecule has 30 heavy (non-hydrogen) atoms. The molecule has 1 atom stereocenters. The molecule has 1 N–H and O–H groups in total. The first kappa shape index (κ1) is 21.9. The average Bonchev–Trinajstić information content (AvgIpc) is 2.71. The quantitative estimate of drug-likeness (QED) is 0.595. The average molecular weight is 447 g/mol. The molecule has 3 aromatic rings. The molecule has 0 aliphatic rings. The molecular weight excluding hydrogens is 424 g/mol. The molecule has 3 rings (SSSR count). The van der Waals surface area contributed by atoms with Crippen LogP contribution < -0.4 is 14.4 Å². The lowest BCUT2D eigenvalue weighted by atomic mass is 10.1. The first-order chi connectivity index (χ1) is 14.2. The smallest absolute Gasteiger partial charge is 0.243 e. The van der Waals surface area contributed by atoms with Crippen LogP contribution in [0.25, 0.3) is 10.8 Å². The maximum Gasteiger partial charge on any atom is 0.243 e. The van der Waals surface area contributed by atoms with Gasteiger partial charge in [0.2, 0.25) is 15.9 Å². The van der Waals surface area contributed by atoms with Gasteiger partial charge in [0, 0.05) is 6.54 Å². The molecule has 0 radical (unpaired) electrons. The number of sulfonamides is 1. The van der Waals surface area contributed by atoms with Crippen LogP contribution in [0.3, 0.4) is 0 Å². The van der Waals surface area contributed by atoms with Crippen molar-refractivity contribution in [2.75, 3.05) is 17.7 Å². The van der Waals surface area contributed by atoms with Gasteiger partial charge in [-0.2, -0.15) is 0 Å². The van der Waals surface area contributed by atoms with Crippen LogP contribution in [0.4, 0.5) is 5.69 Å². The number of hydrogen-bond donors (Lipinski definition) is 1. The van der Waals surface area contributed by atoms with Gasteiger partial charge in [-0.05, 0) is 47.5 Å². The zero-order valence-electron chi connectivity index (χ0n) is 16.9. The number of halogens is 1. The lowest BCUT2D eigenvalue weighted by Crippen LogP contribution is -2.47. The Hall–Kier alpha value is -2.77. The minimum Gasteiger partial charge on any atom is -0.495 e. The maximum absolute atomic E-state index is 12.8. The van der Waals surface area contributed by atoms with Crippen molar-refractivity contribution in [2.45, 2.75) is 19.5 Å². The Labute approximate surface area is 181 Å². The first-order valence-corrected chi connectivity index (χ1v) is 11.5. The van der Waals surface area contributed by atoms with Gasteiger partial charge in [-0.25, -0.2) is 8.42 Å². The van der Waals surface area contributed by atoms with E-state index in [4.69, 9.17) is 16.3 Å². The van der Waals surface area contributed by atoms with Crippen LogP contribution >= 0.6 is 11.6 Å². The summed E-state index contributed by atoms with van der Waals surface area (Å²) in [6, 6.07) is 17.5. The van der Waals surface area contributed by atoms with Gasteiger partial charge in [0.15, 0.2) is 0 Å².